The number of hydrogen-bond acceptors (Lipinski definition) is 6. The van der Waals surface area contributed by atoms with E-state index in [1.165, 1.54) is 16.3 Å². The summed E-state index contributed by atoms with van der Waals surface area (Å²) in [6.45, 7) is 4.71. The number of sulfonamides is 1. The van der Waals surface area contributed by atoms with E-state index in [9.17, 15) is 18.0 Å². The summed E-state index contributed by atoms with van der Waals surface area (Å²) >= 11 is 0. The van der Waals surface area contributed by atoms with Crippen molar-refractivity contribution in [1.29, 1.82) is 0 Å². The van der Waals surface area contributed by atoms with Gasteiger partial charge in [-0.05, 0) is 38.8 Å². The fourth-order valence-electron chi connectivity index (χ4n) is 3.35. The maximum atomic E-state index is 12.9. The molecule has 0 aliphatic carbocycles. The highest BCUT2D eigenvalue weighted by molar-refractivity contribution is 7.89. The quantitative estimate of drug-likeness (QED) is 0.584. The summed E-state index contributed by atoms with van der Waals surface area (Å²) in [7, 11) is -0.754. The van der Waals surface area contributed by atoms with Crippen LogP contribution >= 0.6 is 0 Å². The van der Waals surface area contributed by atoms with E-state index in [1.807, 2.05) is 6.92 Å². The van der Waals surface area contributed by atoms with Gasteiger partial charge in [0.2, 0.25) is 15.9 Å². The summed E-state index contributed by atoms with van der Waals surface area (Å²) in [4.78, 5) is 26.5. The van der Waals surface area contributed by atoms with E-state index in [1.54, 1.807) is 38.2 Å². The zero-order chi connectivity index (χ0) is 21.6. The first-order chi connectivity index (χ1) is 13.7. The third-order valence-electron chi connectivity index (χ3n) is 5.23. The van der Waals surface area contributed by atoms with Crippen LogP contribution in [0, 0.1) is 12.8 Å². The van der Waals surface area contributed by atoms with Crippen molar-refractivity contribution in [1.82, 2.24) is 9.21 Å². The van der Waals surface area contributed by atoms with Gasteiger partial charge < -0.3 is 14.4 Å². The highest BCUT2D eigenvalue weighted by atomic mass is 32.2. The summed E-state index contributed by atoms with van der Waals surface area (Å²) in [5, 5.41) is 0. The Morgan fingerprint density at radius 3 is 2.31 bits per heavy atom. The molecule has 0 N–H and O–H groups in total. The zero-order valence-electron chi connectivity index (χ0n) is 17.5. The van der Waals surface area contributed by atoms with Crippen LogP contribution in [0.15, 0.2) is 29.2 Å². The average molecular weight is 427 g/mol. The Balaban J connectivity index is 2.02. The SMILES string of the molecule is CCOC[C@@H](C(=O)OC)N(C)C(=O)C1CCN(S(=O)(=O)c2ccc(C)cc2)CC1. The van der Waals surface area contributed by atoms with E-state index < -0.39 is 22.0 Å². The summed E-state index contributed by atoms with van der Waals surface area (Å²) in [5.41, 5.74) is 0.989. The molecule has 162 valence electrons. The molecule has 1 aliphatic rings. The van der Waals surface area contributed by atoms with Crippen LogP contribution in [-0.4, -0.2) is 76.0 Å². The van der Waals surface area contributed by atoms with Gasteiger partial charge in [-0.15, -0.1) is 0 Å². The zero-order valence-corrected chi connectivity index (χ0v) is 18.3. The molecule has 0 spiro atoms. The topological polar surface area (TPSA) is 93.2 Å². The molecule has 1 aromatic rings. The first-order valence-corrected chi connectivity index (χ1v) is 11.2. The van der Waals surface area contributed by atoms with Crippen molar-refractivity contribution in [3.8, 4) is 0 Å². The van der Waals surface area contributed by atoms with Gasteiger partial charge in [-0.25, -0.2) is 13.2 Å². The first kappa shape index (κ1) is 23.3. The van der Waals surface area contributed by atoms with E-state index in [-0.39, 0.29) is 36.4 Å². The molecule has 2 rings (SSSR count). The highest BCUT2D eigenvalue weighted by Gasteiger charge is 2.36. The van der Waals surface area contributed by atoms with Crippen molar-refractivity contribution in [2.75, 3.05) is 40.5 Å². The van der Waals surface area contributed by atoms with Crippen LogP contribution in [0.2, 0.25) is 0 Å². The van der Waals surface area contributed by atoms with Crippen molar-refractivity contribution in [3.05, 3.63) is 29.8 Å². The minimum absolute atomic E-state index is 0.0616. The van der Waals surface area contributed by atoms with Crippen LogP contribution in [0.25, 0.3) is 0 Å². The molecule has 1 aliphatic heterocycles. The molecule has 9 heteroatoms. The summed E-state index contributed by atoms with van der Waals surface area (Å²) < 4.78 is 37.1. The number of benzene rings is 1. The monoisotopic (exact) mass is 426 g/mol. The highest BCUT2D eigenvalue weighted by Crippen LogP contribution is 2.25. The number of amides is 1. The Morgan fingerprint density at radius 2 is 1.79 bits per heavy atom. The maximum absolute atomic E-state index is 12.9. The van der Waals surface area contributed by atoms with Crippen LogP contribution in [-0.2, 0) is 29.1 Å². The molecule has 1 heterocycles. The van der Waals surface area contributed by atoms with E-state index in [4.69, 9.17) is 9.47 Å². The number of piperidine rings is 1. The Labute approximate surface area is 172 Å². The smallest absolute Gasteiger partial charge is 0.330 e. The third kappa shape index (κ3) is 5.55. The second-order valence-electron chi connectivity index (χ2n) is 7.14. The largest absolute Gasteiger partial charge is 0.467 e. The second kappa shape index (κ2) is 10.2. The standard InChI is InChI=1S/C20H30N2O6S/c1-5-28-14-18(20(24)27-4)21(3)19(23)16-10-12-22(13-11-16)29(25,26)17-8-6-15(2)7-9-17/h6-9,16,18H,5,10-14H2,1-4H3/t18-/m0/s1. The molecule has 1 aromatic carbocycles. The third-order valence-corrected chi connectivity index (χ3v) is 7.14. The summed E-state index contributed by atoms with van der Waals surface area (Å²) in [5.74, 6) is -1.08. The average Bonchev–Trinajstić information content (AvgIpc) is 2.73. The molecular weight excluding hydrogens is 396 g/mol. The predicted molar refractivity (Wildman–Crippen MR) is 108 cm³/mol. The molecule has 1 atom stereocenters. The summed E-state index contributed by atoms with van der Waals surface area (Å²) in [6.07, 6.45) is 0.799. The molecule has 0 radical (unpaired) electrons. The van der Waals surface area contributed by atoms with Crippen molar-refractivity contribution < 1.29 is 27.5 Å². The fourth-order valence-corrected chi connectivity index (χ4v) is 4.82. The number of likely N-dealkylation sites (N-methyl/N-ethyl adjacent to an activating group) is 1. The molecule has 0 saturated carbocycles. The van der Waals surface area contributed by atoms with Gasteiger partial charge >= 0.3 is 5.97 Å². The maximum Gasteiger partial charge on any atom is 0.330 e. The molecule has 1 saturated heterocycles. The lowest BCUT2D eigenvalue weighted by Gasteiger charge is -2.34. The van der Waals surface area contributed by atoms with Gasteiger partial charge in [0, 0.05) is 32.7 Å². The fraction of sp³-hybridized carbons (Fsp3) is 0.600. The van der Waals surface area contributed by atoms with Crippen LogP contribution in [0.1, 0.15) is 25.3 Å². The Kier molecular flexibility index (Phi) is 8.18. The lowest BCUT2D eigenvalue weighted by molar-refractivity contribution is -0.156. The van der Waals surface area contributed by atoms with Crippen LogP contribution in [0.4, 0.5) is 0 Å². The van der Waals surface area contributed by atoms with Crippen molar-refractivity contribution in [3.63, 3.8) is 0 Å². The lowest BCUT2D eigenvalue weighted by atomic mass is 9.96. The lowest BCUT2D eigenvalue weighted by Crippen LogP contribution is -2.50. The number of esters is 1. The normalized spacial score (nSPS) is 17.0. The van der Waals surface area contributed by atoms with Crippen molar-refractivity contribution in [2.45, 2.75) is 37.6 Å². The molecular formula is C20H30N2O6S. The van der Waals surface area contributed by atoms with Crippen LogP contribution in [0.3, 0.4) is 0 Å². The molecule has 0 unspecified atom stereocenters. The number of ether oxygens (including phenoxy) is 2. The van der Waals surface area contributed by atoms with Gasteiger partial charge in [0.25, 0.3) is 0 Å². The minimum Gasteiger partial charge on any atom is -0.467 e. The van der Waals surface area contributed by atoms with E-state index in [0.717, 1.165) is 5.56 Å². The number of methoxy groups -OCH3 is 1. The second-order valence-corrected chi connectivity index (χ2v) is 9.08. The molecule has 0 bridgehead atoms. The Hall–Kier alpha value is -1.97. The number of rotatable bonds is 8. The molecule has 0 aromatic heterocycles. The molecule has 1 fully saturated rings. The van der Waals surface area contributed by atoms with Gasteiger partial charge in [0.15, 0.2) is 6.04 Å². The van der Waals surface area contributed by atoms with Crippen LogP contribution in [0.5, 0.6) is 0 Å². The van der Waals surface area contributed by atoms with Crippen LogP contribution < -0.4 is 0 Å². The van der Waals surface area contributed by atoms with Gasteiger partial charge in [0.1, 0.15) is 0 Å². The molecule has 8 nitrogen and oxygen atoms in total. The van der Waals surface area contributed by atoms with Crippen molar-refractivity contribution in [2.24, 2.45) is 5.92 Å². The van der Waals surface area contributed by atoms with Gasteiger partial charge in [-0.3, -0.25) is 4.79 Å². The number of nitrogens with zero attached hydrogens (tertiary/aromatic N) is 2. The molecule has 1 amide bonds. The summed E-state index contributed by atoms with van der Waals surface area (Å²) in [6, 6.07) is 5.92. The van der Waals surface area contributed by atoms with E-state index in [0.29, 0.717) is 19.4 Å². The van der Waals surface area contributed by atoms with Gasteiger partial charge in [-0.2, -0.15) is 4.31 Å². The van der Waals surface area contributed by atoms with Gasteiger partial charge in [0.05, 0.1) is 18.6 Å². The van der Waals surface area contributed by atoms with Crippen molar-refractivity contribution >= 4 is 21.9 Å². The molecule has 29 heavy (non-hydrogen) atoms. The number of aryl methyl sites for hydroxylation is 1. The van der Waals surface area contributed by atoms with Gasteiger partial charge in [-0.1, -0.05) is 17.7 Å². The predicted octanol–water partition coefficient (Wildman–Crippen LogP) is 1.43. The number of carbonyl (C=O) groups is 2. The Morgan fingerprint density at radius 1 is 1.21 bits per heavy atom. The Bertz CT molecular complexity index is 801. The number of carbonyl (C=O) groups excluding carboxylic acids is 2. The number of hydrogen-bond donors (Lipinski definition) is 0. The van der Waals surface area contributed by atoms with E-state index >= 15 is 0 Å². The minimum atomic E-state index is -3.58. The van der Waals surface area contributed by atoms with E-state index in [2.05, 4.69) is 0 Å². The first-order valence-electron chi connectivity index (χ1n) is 9.71.